The summed E-state index contributed by atoms with van der Waals surface area (Å²) < 4.78 is 13.2. The Kier molecular flexibility index (Phi) is 12.7. The monoisotopic (exact) mass is 750 g/mol. The number of rotatable bonds is 18. The van der Waals surface area contributed by atoms with Gasteiger partial charge in [-0.3, -0.25) is 23.9 Å². The van der Waals surface area contributed by atoms with E-state index in [1.165, 1.54) is 0 Å². The second kappa shape index (κ2) is 16.9. The van der Waals surface area contributed by atoms with Gasteiger partial charge in [0.2, 0.25) is 17.3 Å². The lowest BCUT2D eigenvalue weighted by atomic mass is 9.72. The fraction of sp³-hybridized carbons (Fsp3) is 0.562. The second-order valence-corrected chi connectivity index (χ2v) is 16.2. The summed E-state index contributed by atoms with van der Waals surface area (Å²) in [5.41, 5.74) is 6.14. The number of unbranched alkanes of at least 4 members (excludes halogenated alkanes) is 6. The molecule has 3 heterocycles. The Labute approximate surface area is 328 Å². The maximum absolute atomic E-state index is 15.4. The van der Waals surface area contributed by atoms with E-state index < -0.39 is 34.7 Å². The molecule has 0 aliphatic carbocycles. The first-order valence-corrected chi connectivity index (χ1v) is 21.5. The molecule has 55 heavy (non-hydrogen) atoms. The van der Waals surface area contributed by atoms with Gasteiger partial charge in [-0.2, -0.15) is 0 Å². The summed E-state index contributed by atoms with van der Waals surface area (Å²) in [5.74, 6) is -10.1. The molecule has 0 saturated heterocycles. The number of Topliss-reactive ketones (excluding diaryl/α,β-unsaturated/α-hetero) is 3. The summed E-state index contributed by atoms with van der Waals surface area (Å²) in [5, 5.41) is 26.0. The van der Waals surface area contributed by atoms with Gasteiger partial charge in [0.05, 0.1) is 0 Å². The Balaban J connectivity index is 1.73. The lowest BCUT2D eigenvalue weighted by Crippen LogP contribution is -2.64. The minimum atomic E-state index is -2.74. The molecule has 3 aliphatic heterocycles. The maximum atomic E-state index is 15.4. The molecule has 0 aromatic heterocycles. The number of hydrogen-bond acceptors (Lipinski definition) is 7. The zero-order valence-corrected chi connectivity index (χ0v) is 34.1. The van der Waals surface area contributed by atoms with Crippen molar-refractivity contribution < 1.29 is 34.1 Å². The third-order valence-corrected chi connectivity index (χ3v) is 12.1. The highest BCUT2D eigenvalue weighted by molar-refractivity contribution is 6.16. The van der Waals surface area contributed by atoms with Crippen LogP contribution in [0.2, 0.25) is 0 Å². The van der Waals surface area contributed by atoms with E-state index in [0.29, 0.717) is 19.3 Å². The number of fused-ring (bicyclic) bond motifs is 7. The van der Waals surface area contributed by atoms with Crippen LogP contribution in [0.5, 0.6) is 0 Å². The zero-order valence-electron chi connectivity index (χ0n) is 34.1. The van der Waals surface area contributed by atoms with E-state index in [2.05, 4.69) is 41.5 Å². The van der Waals surface area contributed by atoms with Crippen LogP contribution in [0, 0.1) is 0 Å². The van der Waals surface area contributed by atoms with Crippen molar-refractivity contribution in [3.8, 4) is 0 Å². The number of aliphatic hydroxyl groups is 2. The van der Waals surface area contributed by atoms with Crippen LogP contribution in [0.3, 0.4) is 0 Å². The Morgan fingerprint density at radius 2 is 0.655 bits per heavy atom. The molecule has 7 heteroatoms. The highest BCUT2D eigenvalue weighted by atomic mass is 16.8. The van der Waals surface area contributed by atoms with E-state index in [1.54, 1.807) is 18.2 Å². The maximum Gasteiger partial charge on any atom is 0.268 e. The van der Waals surface area contributed by atoms with Gasteiger partial charge in [-0.1, -0.05) is 80.1 Å². The lowest BCUT2D eigenvalue weighted by molar-refractivity contribution is -0.378. The molecule has 2 N–H and O–H groups in total. The van der Waals surface area contributed by atoms with Crippen LogP contribution in [0.15, 0.2) is 36.4 Å². The average molecular weight is 751 g/mol. The molecule has 3 atom stereocenters. The van der Waals surface area contributed by atoms with Crippen molar-refractivity contribution in [2.24, 2.45) is 0 Å². The predicted molar refractivity (Wildman–Crippen MR) is 216 cm³/mol. The van der Waals surface area contributed by atoms with Crippen molar-refractivity contribution in [1.29, 1.82) is 0 Å². The molecule has 3 bridgehead atoms. The molecule has 3 aromatic rings. The van der Waals surface area contributed by atoms with Crippen LogP contribution in [-0.4, -0.2) is 27.6 Å². The molecule has 6 rings (SSSR count). The van der Waals surface area contributed by atoms with Crippen molar-refractivity contribution in [2.75, 3.05) is 0 Å². The summed E-state index contributed by atoms with van der Waals surface area (Å²) in [4.78, 5) is 45.8. The van der Waals surface area contributed by atoms with Gasteiger partial charge in [0, 0.05) is 33.4 Å². The number of benzene rings is 3. The number of carbonyl (C=O) groups excluding carboxylic acids is 3. The van der Waals surface area contributed by atoms with E-state index in [0.717, 1.165) is 130 Å². The fourth-order valence-electron chi connectivity index (χ4n) is 8.82. The van der Waals surface area contributed by atoms with Crippen molar-refractivity contribution >= 4 is 17.3 Å². The Bertz CT molecular complexity index is 1940. The van der Waals surface area contributed by atoms with Crippen LogP contribution in [-0.2, 0) is 65.4 Å². The van der Waals surface area contributed by atoms with Gasteiger partial charge in [0.15, 0.2) is 0 Å². The Morgan fingerprint density at radius 1 is 0.400 bits per heavy atom. The number of ether oxygens (including phenoxy) is 2. The zero-order chi connectivity index (χ0) is 39.5. The smallest absolute Gasteiger partial charge is 0.268 e. The largest absolute Gasteiger partial charge is 0.356 e. The molecule has 296 valence electrons. The Morgan fingerprint density at radius 3 is 0.964 bits per heavy atom. The van der Waals surface area contributed by atoms with E-state index in [4.69, 9.17) is 9.47 Å². The van der Waals surface area contributed by atoms with Gasteiger partial charge < -0.3 is 10.2 Å². The van der Waals surface area contributed by atoms with Gasteiger partial charge >= 0.3 is 0 Å². The standard InChI is InChI=1S/C48H62O7/c1-7-13-19-31-25-37-40(28-34(31)22-16-10-4)46(52)44(50)39-27-33(21-15-9-3)36(24-18-12-6)30-42(39)48(54-46)45(51)38-26-32(20-14-8-2)35(23-17-11-5)29-41(38)47(53,55-48)43(37)49/h25-30,52-53H,7-24H2,1-6H3. The third-order valence-electron chi connectivity index (χ3n) is 12.1. The molecule has 7 nitrogen and oxygen atoms in total. The van der Waals surface area contributed by atoms with Crippen LogP contribution >= 0.6 is 0 Å². The summed E-state index contributed by atoms with van der Waals surface area (Å²) in [6.07, 6.45) is 15.3. The minimum absolute atomic E-state index is 0.0296. The number of hydrogen-bond donors (Lipinski definition) is 2. The highest BCUT2D eigenvalue weighted by Gasteiger charge is 2.68. The van der Waals surface area contributed by atoms with E-state index in [1.807, 2.05) is 18.2 Å². The molecule has 0 amide bonds. The molecule has 3 unspecified atom stereocenters. The molecule has 3 aliphatic rings. The summed E-state index contributed by atoms with van der Waals surface area (Å²) in [6, 6.07) is 10.7. The summed E-state index contributed by atoms with van der Waals surface area (Å²) >= 11 is 0. The number of carbonyl (C=O) groups is 3. The molecular weight excluding hydrogens is 689 g/mol. The van der Waals surface area contributed by atoms with E-state index in [9.17, 15) is 10.2 Å². The van der Waals surface area contributed by atoms with Crippen molar-refractivity contribution in [3.63, 3.8) is 0 Å². The van der Waals surface area contributed by atoms with Gasteiger partial charge in [0.1, 0.15) is 0 Å². The number of aryl methyl sites for hydroxylation is 6. The van der Waals surface area contributed by atoms with Gasteiger partial charge in [-0.05, 0) is 147 Å². The predicted octanol–water partition coefficient (Wildman–Crippen LogP) is 10.2. The summed E-state index contributed by atoms with van der Waals surface area (Å²) in [6.45, 7) is 12.7. The van der Waals surface area contributed by atoms with Crippen molar-refractivity contribution in [2.45, 2.75) is 174 Å². The van der Waals surface area contributed by atoms with Gasteiger partial charge in [-0.15, -0.1) is 0 Å². The quantitative estimate of drug-likeness (QED) is 0.133. The SMILES string of the molecule is CCCCc1cc2c(cc1CCCC)C1(O)OC3(OC(O)(C(=O)c4cc(CCCC)c(CCCC)cc43)c3cc(CCCC)c(CCCC)cc3C1=O)C2=O. The highest BCUT2D eigenvalue weighted by Crippen LogP contribution is 2.56. The average Bonchev–Trinajstić information content (AvgIpc) is 3.19. The van der Waals surface area contributed by atoms with E-state index >= 15 is 14.4 Å². The third kappa shape index (κ3) is 7.20. The summed E-state index contributed by atoms with van der Waals surface area (Å²) in [7, 11) is 0. The van der Waals surface area contributed by atoms with Gasteiger partial charge in [-0.25, -0.2) is 0 Å². The molecule has 1 spiro atoms. The Hall–Kier alpha value is -3.49. The molecule has 0 radical (unpaired) electrons. The number of ketones is 3. The first-order valence-electron chi connectivity index (χ1n) is 21.5. The second-order valence-electron chi connectivity index (χ2n) is 16.2. The van der Waals surface area contributed by atoms with Crippen LogP contribution in [0.4, 0.5) is 0 Å². The van der Waals surface area contributed by atoms with Crippen molar-refractivity contribution in [3.05, 3.63) is 103 Å². The van der Waals surface area contributed by atoms with Gasteiger partial charge in [0.25, 0.3) is 17.4 Å². The van der Waals surface area contributed by atoms with Crippen LogP contribution in [0.25, 0.3) is 0 Å². The lowest BCUT2D eigenvalue weighted by Gasteiger charge is -2.52. The van der Waals surface area contributed by atoms with Crippen LogP contribution in [0.1, 0.15) is 200 Å². The van der Waals surface area contributed by atoms with Crippen LogP contribution < -0.4 is 0 Å². The van der Waals surface area contributed by atoms with Crippen molar-refractivity contribution in [1.82, 2.24) is 0 Å². The fourth-order valence-corrected chi connectivity index (χ4v) is 8.82. The van der Waals surface area contributed by atoms with E-state index in [-0.39, 0.29) is 33.4 Å². The molecule has 0 saturated carbocycles. The minimum Gasteiger partial charge on any atom is -0.356 e. The first-order chi connectivity index (χ1) is 26.5. The molecule has 0 fully saturated rings. The normalized spacial score (nSPS) is 22.6. The topological polar surface area (TPSA) is 110 Å². The first kappa shape index (κ1) is 41.2. The molecular formula is C48H62O7. The molecule has 3 aromatic carbocycles.